The third-order valence-corrected chi connectivity index (χ3v) is 3.48. The number of ether oxygens (including phenoxy) is 1. The summed E-state index contributed by atoms with van der Waals surface area (Å²) in [6.07, 6.45) is -3.49. The number of alkyl halides is 4. The van der Waals surface area contributed by atoms with Crippen molar-refractivity contribution in [3.8, 4) is 17.1 Å². The lowest BCUT2D eigenvalue weighted by Gasteiger charge is -2.09. The Hall–Kier alpha value is -1.50. The van der Waals surface area contributed by atoms with Crippen LogP contribution >= 0.6 is 15.9 Å². The molecular formula is C13H12BrF3N2O. The van der Waals surface area contributed by atoms with Crippen LogP contribution in [0.25, 0.3) is 11.4 Å². The van der Waals surface area contributed by atoms with Crippen LogP contribution in [0, 0.1) is 0 Å². The molecule has 2 rings (SSSR count). The standard InChI is InChI=1S/C13H12BrF3N2O/c1-19-7-11(13(15,16)17)18-12(19)9-4-3-8(6-14)5-10(9)20-2/h3-5,7H,6H2,1-2H3. The maximum atomic E-state index is 12.7. The number of hydrogen-bond acceptors (Lipinski definition) is 2. The van der Waals surface area contributed by atoms with Crippen molar-refractivity contribution in [2.45, 2.75) is 11.5 Å². The van der Waals surface area contributed by atoms with Crippen LogP contribution in [0.4, 0.5) is 13.2 Å². The molecule has 0 saturated heterocycles. The molecule has 0 unspecified atom stereocenters. The fourth-order valence-electron chi connectivity index (χ4n) is 1.86. The number of imidazole rings is 1. The second-order valence-electron chi connectivity index (χ2n) is 4.23. The molecule has 0 saturated carbocycles. The largest absolute Gasteiger partial charge is 0.496 e. The predicted octanol–water partition coefficient (Wildman–Crippen LogP) is 4.01. The van der Waals surface area contributed by atoms with Crippen molar-refractivity contribution in [2.24, 2.45) is 7.05 Å². The first-order chi connectivity index (χ1) is 9.36. The lowest BCUT2D eigenvalue weighted by molar-refractivity contribution is -0.140. The average molecular weight is 349 g/mol. The second-order valence-corrected chi connectivity index (χ2v) is 4.79. The van der Waals surface area contributed by atoms with Gasteiger partial charge in [-0.3, -0.25) is 0 Å². The van der Waals surface area contributed by atoms with Gasteiger partial charge in [0.1, 0.15) is 11.6 Å². The summed E-state index contributed by atoms with van der Waals surface area (Å²) in [6, 6.07) is 5.29. The molecule has 108 valence electrons. The number of nitrogens with zero attached hydrogens (tertiary/aromatic N) is 2. The van der Waals surface area contributed by atoms with E-state index in [9.17, 15) is 13.2 Å². The summed E-state index contributed by atoms with van der Waals surface area (Å²) >= 11 is 3.32. The number of methoxy groups -OCH3 is 1. The molecule has 0 bridgehead atoms. The van der Waals surface area contributed by atoms with Gasteiger partial charge in [-0.25, -0.2) is 4.98 Å². The molecule has 0 radical (unpaired) electrons. The first kappa shape index (κ1) is 14.9. The van der Waals surface area contributed by atoms with Crippen molar-refractivity contribution < 1.29 is 17.9 Å². The molecule has 20 heavy (non-hydrogen) atoms. The number of rotatable bonds is 3. The van der Waals surface area contributed by atoms with E-state index in [0.717, 1.165) is 11.8 Å². The quantitative estimate of drug-likeness (QED) is 0.783. The molecule has 0 spiro atoms. The smallest absolute Gasteiger partial charge is 0.434 e. The average Bonchev–Trinajstić information content (AvgIpc) is 2.80. The van der Waals surface area contributed by atoms with Crippen molar-refractivity contribution in [3.63, 3.8) is 0 Å². The Morgan fingerprint density at radius 1 is 1.35 bits per heavy atom. The Bertz CT molecular complexity index is 623. The molecule has 0 N–H and O–H groups in total. The zero-order valence-corrected chi connectivity index (χ0v) is 12.4. The fourth-order valence-corrected chi connectivity index (χ4v) is 2.21. The molecule has 0 aliphatic carbocycles. The number of hydrogen-bond donors (Lipinski definition) is 0. The van der Waals surface area contributed by atoms with Gasteiger partial charge in [-0.05, 0) is 17.7 Å². The van der Waals surface area contributed by atoms with Gasteiger partial charge in [0.25, 0.3) is 0 Å². The molecule has 1 heterocycles. The third kappa shape index (κ3) is 2.82. The van der Waals surface area contributed by atoms with E-state index in [1.54, 1.807) is 12.1 Å². The van der Waals surface area contributed by atoms with Gasteiger partial charge in [-0.15, -0.1) is 0 Å². The van der Waals surface area contributed by atoms with E-state index in [0.29, 0.717) is 16.6 Å². The Morgan fingerprint density at radius 2 is 2.05 bits per heavy atom. The summed E-state index contributed by atoms with van der Waals surface area (Å²) in [6.45, 7) is 0. The van der Waals surface area contributed by atoms with Crippen LogP contribution in [0.5, 0.6) is 5.75 Å². The van der Waals surface area contributed by atoms with Crippen LogP contribution in [-0.2, 0) is 18.6 Å². The van der Waals surface area contributed by atoms with E-state index >= 15 is 0 Å². The number of benzene rings is 1. The first-order valence-electron chi connectivity index (χ1n) is 5.70. The Morgan fingerprint density at radius 3 is 2.55 bits per heavy atom. The number of halogens is 4. The zero-order chi connectivity index (χ0) is 14.9. The van der Waals surface area contributed by atoms with Gasteiger partial charge < -0.3 is 9.30 Å². The Balaban J connectivity index is 2.54. The van der Waals surface area contributed by atoms with Crippen LogP contribution in [0.1, 0.15) is 11.3 Å². The molecule has 7 heteroatoms. The van der Waals surface area contributed by atoms with Crippen LogP contribution in [-0.4, -0.2) is 16.7 Å². The highest BCUT2D eigenvalue weighted by atomic mass is 79.9. The van der Waals surface area contributed by atoms with Crippen molar-refractivity contribution in [3.05, 3.63) is 35.7 Å². The van der Waals surface area contributed by atoms with E-state index in [2.05, 4.69) is 20.9 Å². The second kappa shape index (κ2) is 5.47. The van der Waals surface area contributed by atoms with Gasteiger partial charge in [-0.1, -0.05) is 22.0 Å². The fraction of sp³-hybridized carbons (Fsp3) is 0.308. The van der Waals surface area contributed by atoms with Gasteiger partial charge >= 0.3 is 6.18 Å². The van der Waals surface area contributed by atoms with Crippen LogP contribution in [0.15, 0.2) is 24.4 Å². The summed E-state index contributed by atoms with van der Waals surface area (Å²) in [4.78, 5) is 3.66. The summed E-state index contributed by atoms with van der Waals surface area (Å²) < 4.78 is 44.6. The summed E-state index contributed by atoms with van der Waals surface area (Å²) in [7, 11) is 3.00. The lowest BCUT2D eigenvalue weighted by atomic mass is 10.1. The lowest BCUT2D eigenvalue weighted by Crippen LogP contribution is -2.05. The van der Waals surface area contributed by atoms with Crippen molar-refractivity contribution >= 4 is 15.9 Å². The molecule has 1 aromatic carbocycles. The number of aromatic nitrogens is 2. The molecule has 0 atom stereocenters. The first-order valence-corrected chi connectivity index (χ1v) is 6.82. The summed E-state index contributed by atoms with van der Waals surface area (Å²) in [5.74, 6) is 0.708. The highest BCUT2D eigenvalue weighted by Crippen LogP contribution is 2.34. The summed E-state index contributed by atoms with van der Waals surface area (Å²) in [5.41, 5.74) is 0.577. The zero-order valence-electron chi connectivity index (χ0n) is 10.8. The molecular weight excluding hydrogens is 337 g/mol. The minimum atomic E-state index is -4.46. The maximum Gasteiger partial charge on any atom is 0.434 e. The van der Waals surface area contributed by atoms with Gasteiger partial charge in [0.2, 0.25) is 0 Å². The molecule has 1 aromatic heterocycles. The molecule has 2 aromatic rings. The van der Waals surface area contributed by atoms with E-state index in [4.69, 9.17) is 4.74 Å². The van der Waals surface area contributed by atoms with E-state index < -0.39 is 11.9 Å². The third-order valence-electron chi connectivity index (χ3n) is 2.83. The highest BCUT2D eigenvalue weighted by molar-refractivity contribution is 9.08. The molecule has 0 aliphatic heterocycles. The van der Waals surface area contributed by atoms with Crippen molar-refractivity contribution in [2.75, 3.05) is 7.11 Å². The molecule has 3 nitrogen and oxygen atoms in total. The van der Waals surface area contributed by atoms with Gasteiger partial charge in [0.15, 0.2) is 5.69 Å². The minimum Gasteiger partial charge on any atom is -0.496 e. The monoisotopic (exact) mass is 348 g/mol. The van der Waals surface area contributed by atoms with Crippen LogP contribution < -0.4 is 4.74 Å². The normalized spacial score (nSPS) is 11.7. The molecule has 0 amide bonds. The van der Waals surface area contributed by atoms with E-state index in [-0.39, 0.29) is 5.82 Å². The van der Waals surface area contributed by atoms with Crippen molar-refractivity contribution in [1.82, 2.24) is 9.55 Å². The van der Waals surface area contributed by atoms with Gasteiger partial charge in [0.05, 0.1) is 12.7 Å². The van der Waals surface area contributed by atoms with Crippen LogP contribution in [0.3, 0.4) is 0 Å². The topological polar surface area (TPSA) is 27.1 Å². The van der Waals surface area contributed by atoms with E-state index in [1.165, 1.54) is 18.7 Å². The van der Waals surface area contributed by atoms with Crippen LogP contribution in [0.2, 0.25) is 0 Å². The predicted molar refractivity (Wildman–Crippen MR) is 72.8 cm³/mol. The van der Waals surface area contributed by atoms with Gasteiger partial charge in [-0.2, -0.15) is 13.2 Å². The minimum absolute atomic E-state index is 0.218. The maximum absolute atomic E-state index is 12.7. The molecule has 0 fully saturated rings. The number of aryl methyl sites for hydroxylation is 1. The SMILES string of the molecule is COc1cc(CBr)ccc1-c1nc(C(F)(F)F)cn1C. The van der Waals surface area contributed by atoms with Crippen molar-refractivity contribution in [1.29, 1.82) is 0 Å². The van der Waals surface area contributed by atoms with E-state index in [1.807, 2.05) is 6.07 Å². The Labute approximate surface area is 122 Å². The summed E-state index contributed by atoms with van der Waals surface area (Å²) in [5, 5.41) is 0.637. The highest BCUT2D eigenvalue weighted by Gasteiger charge is 2.34. The Kier molecular flexibility index (Phi) is 4.08. The molecule has 0 aliphatic rings. The van der Waals surface area contributed by atoms with Gasteiger partial charge in [0, 0.05) is 18.6 Å².